The Morgan fingerprint density at radius 3 is 2.95 bits per heavy atom. The van der Waals surface area contributed by atoms with Gasteiger partial charge in [0.15, 0.2) is 6.10 Å². The molecule has 1 heterocycles. The average Bonchev–Trinajstić information content (AvgIpc) is 2.39. The molecule has 1 aromatic carbocycles. The van der Waals surface area contributed by atoms with E-state index in [4.69, 9.17) is 4.74 Å². The fourth-order valence-corrected chi connectivity index (χ4v) is 3.36. The predicted octanol–water partition coefficient (Wildman–Crippen LogP) is 3.79. The van der Waals surface area contributed by atoms with Crippen LogP contribution >= 0.6 is 0 Å². The minimum Gasteiger partial charge on any atom is -0.479 e. The lowest BCUT2D eigenvalue weighted by molar-refractivity contribution is -0.122. The number of amides is 1. The van der Waals surface area contributed by atoms with E-state index >= 15 is 0 Å². The van der Waals surface area contributed by atoms with Gasteiger partial charge in [-0.25, -0.2) is 0 Å². The first kappa shape index (κ1) is 14.2. The highest BCUT2D eigenvalue weighted by atomic mass is 16.5. The molecule has 3 rings (SSSR count). The monoisotopic (exact) mass is 288 g/mol. The number of fused-ring (bicyclic) bond motifs is 1. The third-order valence-electron chi connectivity index (χ3n) is 4.49. The summed E-state index contributed by atoms with van der Waals surface area (Å²) in [6, 6.07) is 6.44. The molecule has 1 amide bonds. The van der Waals surface area contributed by atoms with Gasteiger partial charge in [-0.2, -0.15) is 0 Å². The fraction of sp³-hybridized carbons (Fsp3) is 0.588. The zero-order valence-electron chi connectivity index (χ0n) is 13.0. The van der Waals surface area contributed by atoms with E-state index in [1.807, 2.05) is 18.2 Å². The van der Waals surface area contributed by atoms with Gasteiger partial charge in [-0.15, -0.1) is 0 Å². The Hall–Kier alpha value is -1.71. The van der Waals surface area contributed by atoms with Crippen LogP contribution in [-0.4, -0.2) is 18.1 Å². The van der Waals surface area contributed by atoms with Gasteiger partial charge in [0.2, 0.25) is 0 Å². The molecule has 4 heteroatoms. The molecule has 0 aromatic heterocycles. The quantitative estimate of drug-likeness (QED) is 0.870. The first-order chi connectivity index (χ1) is 9.93. The lowest BCUT2D eigenvalue weighted by Crippen LogP contribution is -2.34. The largest absolute Gasteiger partial charge is 0.479 e. The lowest BCUT2D eigenvalue weighted by Gasteiger charge is -2.36. The molecular weight excluding hydrogens is 264 g/mol. The minimum atomic E-state index is -0.421. The number of ether oxygens (including phenoxy) is 1. The number of hydrogen-bond acceptors (Lipinski definition) is 3. The Bertz CT molecular complexity index is 554. The number of nitrogens with one attached hydrogen (secondary N) is 2. The highest BCUT2D eigenvalue weighted by Gasteiger charge is 2.28. The molecule has 0 saturated heterocycles. The molecule has 1 aromatic rings. The second-order valence-corrected chi connectivity index (χ2v) is 7.06. The third-order valence-corrected chi connectivity index (χ3v) is 4.49. The SMILES string of the molecule is CC1Oc2ccc(NC3CCCC(C)(C)C3)cc2NC1=O. The van der Waals surface area contributed by atoms with Gasteiger partial charge in [0, 0.05) is 11.7 Å². The second kappa shape index (κ2) is 5.24. The molecule has 2 aliphatic rings. The zero-order valence-corrected chi connectivity index (χ0v) is 13.0. The molecule has 1 aliphatic heterocycles. The Kier molecular flexibility index (Phi) is 3.56. The van der Waals surface area contributed by atoms with E-state index in [2.05, 4.69) is 24.5 Å². The van der Waals surface area contributed by atoms with Crippen LogP contribution in [0.5, 0.6) is 5.75 Å². The Morgan fingerprint density at radius 2 is 2.19 bits per heavy atom. The molecule has 2 unspecified atom stereocenters. The molecule has 0 radical (unpaired) electrons. The van der Waals surface area contributed by atoms with Crippen molar-refractivity contribution >= 4 is 17.3 Å². The molecule has 0 spiro atoms. The summed E-state index contributed by atoms with van der Waals surface area (Å²) in [6.07, 6.45) is 4.55. The number of benzene rings is 1. The van der Waals surface area contributed by atoms with Crippen LogP contribution in [0.4, 0.5) is 11.4 Å². The molecule has 0 bridgehead atoms. The van der Waals surface area contributed by atoms with Crippen LogP contribution in [0.1, 0.15) is 46.5 Å². The van der Waals surface area contributed by atoms with Gasteiger partial charge in [0.05, 0.1) is 5.69 Å². The van der Waals surface area contributed by atoms with Crippen LogP contribution in [-0.2, 0) is 4.79 Å². The third kappa shape index (κ3) is 3.14. The smallest absolute Gasteiger partial charge is 0.265 e. The summed E-state index contributed by atoms with van der Waals surface area (Å²) in [4.78, 5) is 11.7. The van der Waals surface area contributed by atoms with E-state index in [1.54, 1.807) is 6.92 Å². The van der Waals surface area contributed by atoms with Crippen LogP contribution in [0.2, 0.25) is 0 Å². The topological polar surface area (TPSA) is 50.4 Å². The maximum Gasteiger partial charge on any atom is 0.265 e. The molecule has 2 N–H and O–H groups in total. The van der Waals surface area contributed by atoms with Crippen molar-refractivity contribution in [1.82, 2.24) is 0 Å². The molecule has 4 nitrogen and oxygen atoms in total. The van der Waals surface area contributed by atoms with Gasteiger partial charge in [-0.3, -0.25) is 4.79 Å². The zero-order chi connectivity index (χ0) is 15.0. The maximum atomic E-state index is 11.7. The van der Waals surface area contributed by atoms with E-state index in [1.165, 1.54) is 25.7 Å². The summed E-state index contributed by atoms with van der Waals surface area (Å²) < 4.78 is 5.58. The molecule has 1 fully saturated rings. The number of hydrogen-bond donors (Lipinski definition) is 2. The molecule has 2 atom stereocenters. The van der Waals surface area contributed by atoms with E-state index in [0.29, 0.717) is 11.5 Å². The van der Waals surface area contributed by atoms with Crippen LogP contribution in [0, 0.1) is 5.41 Å². The molecule has 1 aliphatic carbocycles. The standard InChI is InChI=1S/C17H24N2O2/c1-11-16(20)19-14-9-12(6-7-15(14)21-11)18-13-5-4-8-17(2,3)10-13/h6-7,9,11,13,18H,4-5,8,10H2,1-3H3,(H,19,20). The van der Waals surface area contributed by atoms with Gasteiger partial charge in [0.1, 0.15) is 5.75 Å². The van der Waals surface area contributed by atoms with Crippen molar-refractivity contribution in [2.24, 2.45) is 5.41 Å². The number of anilines is 2. The fourth-order valence-electron chi connectivity index (χ4n) is 3.36. The first-order valence-electron chi connectivity index (χ1n) is 7.81. The summed E-state index contributed by atoms with van der Waals surface area (Å²) in [5, 5.41) is 6.51. The van der Waals surface area contributed by atoms with Crippen LogP contribution < -0.4 is 15.4 Å². The van der Waals surface area contributed by atoms with E-state index in [0.717, 1.165) is 17.1 Å². The highest BCUT2D eigenvalue weighted by molar-refractivity contribution is 5.98. The molecule has 21 heavy (non-hydrogen) atoms. The van der Waals surface area contributed by atoms with E-state index in [9.17, 15) is 4.79 Å². The van der Waals surface area contributed by atoms with Crippen molar-refractivity contribution in [3.8, 4) is 5.75 Å². The van der Waals surface area contributed by atoms with Gasteiger partial charge in [-0.05, 0) is 49.8 Å². The maximum absolute atomic E-state index is 11.7. The highest BCUT2D eigenvalue weighted by Crippen LogP contribution is 2.37. The molecular formula is C17H24N2O2. The number of rotatable bonds is 2. The average molecular weight is 288 g/mol. The Balaban J connectivity index is 1.72. The van der Waals surface area contributed by atoms with Crippen LogP contribution in [0.15, 0.2) is 18.2 Å². The minimum absolute atomic E-state index is 0.0848. The first-order valence-corrected chi connectivity index (χ1v) is 7.81. The Labute approximate surface area is 126 Å². The van der Waals surface area contributed by atoms with Crippen molar-refractivity contribution < 1.29 is 9.53 Å². The summed E-state index contributed by atoms with van der Waals surface area (Å²) in [6.45, 7) is 6.43. The van der Waals surface area contributed by atoms with Gasteiger partial charge >= 0.3 is 0 Å². The van der Waals surface area contributed by atoms with Gasteiger partial charge in [-0.1, -0.05) is 20.3 Å². The number of carbonyl (C=O) groups excluding carboxylic acids is 1. The predicted molar refractivity (Wildman–Crippen MR) is 84.8 cm³/mol. The normalized spacial score (nSPS) is 27.3. The van der Waals surface area contributed by atoms with Gasteiger partial charge < -0.3 is 15.4 Å². The van der Waals surface area contributed by atoms with Crippen molar-refractivity contribution in [2.75, 3.05) is 10.6 Å². The van der Waals surface area contributed by atoms with Crippen molar-refractivity contribution in [3.63, 3.8) is 0 Å². The summed E-state index contributed by atoms with van der Waals surface area (Å²) >= 11 is 0. The summed E-state index contributed by atoms with van der Waals surface area (Å²) in [5.74, 6) is 0.662. The lowest BCUT2D eigenvalue weighted by atomic mass is 9.75. The second-order valence-electron chi connectivity index (χ2n) is 7.06. The summed E-state index contributed by atoms with van der Waals surface area (Å²) in [7, 11) is 0. The van der Waals surface area contributed by atoms with Crippen molar-refractivity contribution in [2.45, 2.75) is 58.6 Å². The number of carbonyl (C=O) groups is 1. The summed E-state index contributed by atoms with van der Waals surface area (Å²) in [5.41, 5.74) is 2.23. The molecule has 1 saturated carbocycles. The Morgan fingerprint density at radius 1 is 1.38 bits per heavy atom. The van der Waals surface area contributed by atoms with Crippen molar-refractivity contribution in [3.05, 3.63) is 18.2 Å². The van der Waals surface area contributed by atoms with Crippen LogP contribution in [0.3, 0.4) is 0 Å². The van der Waals surface area contributed by atoms with E-state index in [-0.39, 0.29) is 5.91 Å². The van der Waals surface area contributed by atoms with Crippen LogP contribution in [0.25, 0.3) is 0 Å². The van der Waals surface area contributed by atoms with Gasteiger partial charge in [0.25, 0.3) is 5.91 Å². The van der Waals surface area contributed by atoms with E-state index < -0.39 is 6.10 Å². The molecule has 114 valence electrons. The van der Waals surface area contributed by atoms with Crippen molar-refractivity contribution in [1.29, 1.82) is 0 Å².